The Bertz CT molecular complexity index is 255. The lowest BCUT2D eigenvalue weighted by molar-refractivity contribution is -0.138. The van der Waals surface area contributed by atoms with E-state index in [1.807, 2.05) is 4.90 Å². The second-order valence-corrected chi connectivity index (χ2v) is 4.97. The Balaban J connectivity index is 2.13. The van der Waals surface area contributed by atoms with Gasteiger partial charge in [-0.05, 0) is 11.8 Å². The summed E-state index contributed by atoms with van der Waals surface area (Å²) in [6.07, 6.45) is 0. The van der Waals surface area contributed by atoms with Crippen LogP contribution in [-0.2, 0) is 4.79 Å². The highest BCUT2D eigenvalue weighted by Gasteiger charge is 2.28. The summed E-state index contributed by atoms with van der Waals surface area (Å²) in [6, 6.07) is 0. The summed E-state index contributed by atoms with van der Waals surface area (Å²) in [5.41, 5.74) is -4.16. The standard InChI is InChI=1S/C9H15F3N2O2S/c10-9(11,12)17-6-5-13-1-3-14(4-2-13)7-8(15)16/h1-7H2,(H,15,16). The highest BCUT2D eigenvalue weighted by atomic mass is 32.2. The molecule has 0 aliphatic carbocycles. The summed E-state index contributed by atoms with van der Waals surface area (Å²) in [4.78, 5) is 14.2. The zero-order chi connectivity index (χ0) is 12.9. The lowest BCUT2D eigenvalue weighted by Gasteiger charge is -2.33. The molecule has 4 nitrogen and oxygen atoms in total. The summed E-state index contributed by atoms with van der Waals surface area (Å²) in [5.74, 6) is -0.839. The summed E-state index contributed by atoms with van der Waals surface area (Å²) in [5, 5.41) is 8.58. The van der Waals surface area contributed by atoms with Gasteiger partial charge in [0.1, 0.15) is 0 Å². The first kappa shape index (κ1) is 14.6. The van der Waals surface area contributed by atoms with E-state index >= 15 is 0 Å². The number of hydrogen-bond acceptors (Lipinski definition) is 4. The van der Waals surface area contributed by atoms with E-state index in [1.165, 1.54) is 0 Å². The van der Waals surface area contributed by atoms with Gasteiger partial charge in [0.05, 0.1) is 6.54 Å². The first-order valence-electron chi connectivity index (χ1n) is 5.24. The van der Waals surface area contributed by atoms with Gasteiger partial charge < -0.3 is 5.11 Å². The molecule has 0 radical (unpaired) electrons. The molecular weight excluding hydrogens is 257 g/mol. The molecule has 0 aromatic carbocycles. The van der Waals surface area contributed by atoms with Crippen LogP contribution in [0.3, 0.4) is 0 Å². The highest BCUT2D eigenvalue weighted by molar-refractivity contribution is 8.00. The maximum absolute atomic E-state index is 11.9. The minimum atomic E-state index is -4.16. The number of hydrogen-bond donors (Lipinski definition) is 1. The molecule has 1 heterocycles. The first-order chi connectivity index (χ1) is 7.87. The SMILES string of the molecule is O=C(O)CN1CCN(CCSC(F)(F)F)CC1. The van der Waals surface area contributed by atoms with Crippen molar-refractivity contribution < 1.29 is 23.1 Å². The van der Waals surface area contributed by atoms with Crippen molar-refractivity contribution in [1.82, 2.24) is 9.80 Å². The molecule has 17 heavy (non-hydrogen) atoms. The maximum atomic E-state index is 11.9. The predicted molar refractivity (Wildman–Crippen MR) is 59.0 cm³/mol. The van der Waals surface area contributed by atoms with Gasteiger partial charge in [-0.25, -0.2) is 0 Å². The fraction of sp³-hybridized carbons (Fsp3) is 0.889. The van der Waals surface area contributed by atoms with E-state index in [4.69, 9.17) is 5.11 Å². The van der Waals surface area contributed by atoms with Crippen LogP contribution in [0.15, 0.2) is 0 Å². The topological polar surface area (TPSA) is 43.8 Å². The summed E-state index contributed by atoms with van der Waals surface area (Å²) in [6.45, 7) is 2.86. The third-order valence-electron chi connectivity index (χ3n) is 2.50. The quantitative estimate of drug-likeness (QED) is 0.807. The Morgan fingerprint density at radius 3 is 2.18 bits per heavy atom. The molecule has 0 aromatic heterocycles. The third kappa shape index (κ3) is 6.75. The van der Waals surface area contributed by atoms with Crippen molar-refractivity contribution >= 4 is 17.7 Å². The molecule has 1 saturated heterocycles. The van der Waals surface area contributed by atoms with E-state index in [9.17, 15) is 18.0 Å². The lowest BCUT2D eigenvalue weighted by Crippen LogP contribution is -2.48. The van der Waals surface area contributed by atoms with Gasteiger partial charge in [0.2, 0.25) is 0 Å². The monoisotopic (exact) mass is 272 g/mol. The molecule has 0 bridgehead atoms. The maximum Gasteiger partial charge on any atom is 0.441 e. The number of carbonyl (C=O) groups is 1. The van der Waals surface area contributed by atoms with Gasteiger partial charge in [-0.3, -0.25) is 14.6 Å². The van der Waals surface area contributed by atoms with Crippen LogP contribution in [0.25, 0.3) is 0 Å². The Morgan fingerprint density at radius 2 is 1.71 bits per heavy atom. The molecule has 1 aliphatic rings. The smallest absolute Gasteiger partial charge is 0.441 e. The number of carboxylic acids is 1. The van der Waals surface area contributed by atoms with E-state index in [0.29, 0.717) is 32.7 Å². The van der Waals surface area contributed by atoms with Crippen molar-refractivity contribution in [3.8, 4) is 0 Å². The van der Waals surface area contributed by atoms with Gasteiger partial charge in [-0.1, -0.05) is 0 Å². The molecule has 0 unspecified atom stereocenters. The summed E-state index contributed by atoms with van der Waals surface area (Å²) >= 11 is -0.0107. The number of thioether (sulfide) groups is 1. The van der Waals surface area contributed by atoms with Gasteiger partial charge >= 0.3 is 11.5 Å². The van der Waals surface area contributed by atoms with Crippen LogP contribution in [0, 0.1) is 0 Å². The fourth-order valence-electron chi connectivity index (χ4n) is 1.65. The average Bonchev–Trinajstić information content (AvgIpc) is 2.18. The van der Waals surface area contributed by atoms with E-state index < -0.39 is 11.5 Å². The van der Waals surface area contributed by atoms with Crippen molar-refractivity contribution in [2.24, 2.45) is 0 Å². The number of rotatable bonds is 5. The minimum Gasteiger partial charge on any atom is -0.480 e. The largest absolute Gasteiger partial charge is 0.480 e. The molecule has 0 amide bonds. The van der Waals surface area contributed by atoms with Crippen molar-refractivity contribution in [1.29, 1.82) is 0 Å². The molecule has 1 aliphatic heterocycles. The van der Waals surface area contributed by atoms with Gasteiger partial charge in [-0.15, -0.1) is 0 Å². The lowest BCUT2D eigenvalue weighted by atomic mass is 10.3. The number of carboxylic acid groups (broad SMARTS) is 1. The molecule has 1 rings (SSSR count). The van der Waals surface area contributed by atoms with Gasteiger partial charge in [-0.2, -0.15) is 13.2 Å². The Hall–Kier alpha value is -0.470. The second-order valence-electron chi connectivity index (χ2n) is 3.81. The van der Waals surface area contributed by atoms with Crippen LogP contribution in [0.4, 0.5) is 13.2 Å². The summed E-state index contributed by atoms with van der Waals surface area (Å²) < 4.78 is 35.7. The molecule has 1 N–H and O–H groups in total. The zero-order valence-corrected chi connectivity index (χ0v) is 10.1. The van der Waals surface area contributed by atoms with Crippen LogP contribution >= 0.6 is 11.8 Å². The number of aliphatic carboxylic acids is 1. The molecule has 0 aromatic rings. The molecule has 8 heteroatoms. The van der Waals surface area contributed by atoms with Crippen LogP contribution in [0.1, 0.15) is 0 Å². The van der Waals surface area contributed by atoms with Crippen LogP contribution < -0.4 is 0 Å². The summed E-state index contributed by atoms with van der Waals surface area (Å²) in [7, 11) is 0. The van der Waals surface area contributed by atoms with E-state index in [-0.39, 0.29) is 24.1 Å². The predicted octanol–water partition coefficient (Wildman–Crippen LogP) is 0.942. The van der Waals surface area contributed by atoms with Crippen molar-refractivity contribution in [3.63, 3.8) is 0 Å². The Morgan fingerprint density at radius 1 is 1.18 bits per heavy atom. The van der Waals surface area contributed by atoms with Crippen LogP contribution in [-0.4, -0.2) is 71.4 Å². The van der Waals surface area contributed by atoms with Crippen molar-refractivity contribution in [2.45, 2.75) is 5.51 Å². The number of halogens is 3. The molecule has 0 saturated carbocycles. The molecule has 0 spiro atoms. The van der Waals surface area contributed by atoms with Gasteiger partial charge in [0.15, 0.2) is 0 Å². The number of alkyl halides is 3. The average molecular weight is 272 g/mol. The molecule has 1 fully saturated rings. The van der Waals surface area contributed by atoms with Crippen LogP contribution in [0.2, 0.25) is 0 Å². The van der Waals surface area contributed by atoms with Crippen molar-refractivity contribution in [2.75, 3.05) is 45.0 Å². The van der Waals surface area contributed by atoms with E-state index in [2.05, 4.69) is 0 Å². The Kier molecular flexibility index (Phi) is 5.54. The highest BCUT2D eigenvalue weighted by Crippen LogP contribution is 2.29. The minimum absolute atomic E-state index is 0.00510. The van der Waals surface area contributed by atoms with Gasteiger partial charge in [0.25, 0.3) is 0 Å². The molecule has 0 atom stereocenters. The number of piperazine rings is 1. The zero-order valence-electron chi connectivity index (χ0n) is 9.24. The molecule has 100 valence electrons. The van der Waals surface area contributed by atoms with Crippen molar-refractivity contribution in [3.05, 3.63) is 0 Å². The molecular formula is C9H15F3N2O2S. The van der Waals surface area contributed by atoms with E-state index in [1.54, 1.807) is 4.90 Å². The Labute approximate surface area is 102 Å². The van der Waals surface area contributed by atoms with E-state index in [0.717, 1.165) is 0 Å². The fourth-order valence-corrected chi connectivity index (χ4v) is 2.23. The normalized spacial score (nSPS) is 19.5. The number of nitrogens with zero attached hydrogens (tertiary/aromatic N) is 2. The van der Waals surface area contributed by atoms with Crippen LogP contribution in [0.5, 0.6) is 0 Å². The first-order valence-corrected chi connectivity index (χ1v) is 6.22. The second kappa shape index (κ2) is 6.46. The van der Waals surface area contributed by atoms with Gasteiger partial charge in [0, 0.05) is 38.5 Å². The third-order valence-corrected chi connectivity index (χ3v) is 3.21.